The lowest BCUT2D eigenvalue weighted by Gasteiger charge is -2.29. The van der Waals surface area contributed by atoms with Gasteiger partial charge in [0, 0.05) is 18.2 Å². The van der Waals surface area contributed by atoms with Gasteiger partial charge in [-0.2, -0.15) is 9.78 Å². The van der Waals surface area contributed by atoms with Crippen LogP contribution in [0.4, 0.5) is 36.4 Å². The second-order valence-corrected chi connectivity index (χ2v) is 7.40. The second kappa shape index (κ2) is 8.66. The monoisotopic (exact) mass is 489 g/mol. The van der Waals surface area contributed by atoms with Gasteiger partial charge in [0.15, 0.2) is 0 Å². The Morgan fingerprint density at radius 2 is 1.97 bits per heavy atom. The molecule has 7 nitrogen and oxygen atoms in total. The predicted octanol–water partition coefficient (Wildman–Crippen LogP) is 4.83. The molecule has 0 radical (unpaired) electrons. The van der Waals surface area contributed by atoms with Crippen LogP contribution >= 0.6 is 0 Å². The first-order valence-electron chi connectivity index (χ1n) is 9.67. The Labute approximate surface area is 186 Å². The van der Waals surface area contributed by atoms with Crippen LogP contribution in [0.2, 0.25) is 0 Å². The van der Waals surface area contributed by atoms with E-state index in [-0.39, 0.29) is 23.5 Å². The zero-order valence-corrected chi connectivity index (χ0v) is 16.9. The summed E-state index contributed by atoms with van der Waals surface area (Å²) in [4.78, 5) is 20.6. The van der Waals surface area contributed by atoms with Crippen molar-refractivity contribution in [3.05, 3.63) is 59.8 Å². The maximum Gasteiger partial charge on any atom is 0.504 e. The zero-order valence-electron chi connectivity index (χ0n) is 16.9. The Balaban J connectivity index is 1.77. The number of nitrogens with zero attached hydrogens (tertiary/aromatic N) is 4. The molecule has 0 spiro atoms. The number of hydrogen-bond acceptors (Lipinski definition) is 5. The molecule has 1 aromatic carbocycles. The van der Waals surface area contributed by atoms with E-state index in [4.69, 9.17) is 4.74 Å². The van der Waals surface area contributed by atoms with Gasteiger partial charge < -0.3 is 10.1 Å². The average molecular weight is 489 g/mol. The number of rotatable bonds is 4. The van der Waals surface area contributed by atoms with Gasteiger partial charge in [-0.15, -0.1) is 13.2 Å². The van der Waals surface area contributed by atoms with Gasteiger partial charge in [-0.05, 0) is 24.6 Å². The van der Waals surface area contributed by atoms with Gasteiger partial charge >= 0.3 is 6.30 Å². The molecule has 3 aromatic rings. The van der Waals surface area contributed by atoms with Crippen molar-refractivity contribution in [3.63, 3.8) is 0 Å². The van der Waals surface area contributed by atoms with Gasteiger partial charge in [-0.25, -0.2) is 27.5 Å². The number of carbonyl (C=O) groups is 1. The van der Waals surface area contributed by atoms with Gasteiger partial charge in [0.25, 0.3) is 11.8 Å². The van der Waals surface area contributed by atoms with Crippen molar-refractivity contribution in [1.29, 1.82) is 0 Å². The molecule has 2 aromatic heterocycles. The number of benzene rings is 1. The quantitative estimate of drug-likeness (QED) is 0.531. The molecular formula is C20H14F7N5O2. The van der Waals surface area contributed by atoms with Gasteiger partial charge in [0.2, 0.25) is 0 Å². The molecular weight excluding hydrogens is 475 g/mol. The van der Waals surface area contributed by atoms with Crippen molar-refractivity contribution < 1.29 is 40.3 Å². The first-order valence-corrected chi connectivity index (χ1v) is 9.67. The first-order chi connectivity index (χ1) is 15.9. The topological polar surface area (TPSA) is 81.9 Å². The summed E-state index contributed by atoms with van der Waals surface area (Å²) in [6, 6.07) is 2.44. The lowest BCUT2D eigenvalue weighted by Crippen LogP contribution is -2.31. The van der Waals surface area contributed by atoms with Crippen LogP contribution < -0.4 is 5.32 Å². The number of halogens is 7. The van der Waals surface area contributed by atoms with Crippen molar-refractivity contribution in [1.82, 2.24) is 19.7 Å². The summed E-state index contributed by atoms with van der Waals surface area (Å²) < 4.78 is 98.7. The van der Waals surface area contributed by atoms with Crippen molar-refractivity contribution in [2.75, 3.05) is 11.9 Å². The molecule has 1 N–H and O–H groups in total. The predicted molar refractivity (Wildman–Crippen MR) is 102 cm³/mol. The van der Waals surface area contributed by atoms with Gasteiger partial charge in [0.05, 0.1) is 23.1 Å². The molecule has 3 heterocycles. The van der Waals surface area contributed by atoms with Crippen molar-refractivity contribution in [2.24, 2.45) is 0 Å². The summed E-state index contributed by atoms with van der Waals surface area (Å²) in [6.45, 7) is -0.947. The Hall–Kier alpha value is -3.55. The molecule has 1 atom stereocenters. The van der Waals surface area contributed by atoms with Gasteiger partial charge in [-0.3, -0.25) is 4.79 Å². The van der Waals surface area contributed by atoms with Crippen LogP contribution in [0.5, 0.6) is 0 Å². The highest BCUT2D eigenvalue weighted by atomic mass is 19.4. The van der Waals surface area contributed by atoms with E-state index in [2.05, 4.69) is 20.4 Å². The second-order valence-electron chi connectivity index (χ2n) is 7.40. The van der Waals surface area contributed by atoms with Crippen LogP contribution in [0.3, 0.4) is 0 Å². The van der Waals surface area contributed by atoms with E-state index < -0.39 is 64.7 Å². The van der Waals surface area contributed by atoms with Crippen LogP contribution in [0.25, 0.3) is 11.3 Å². The lowest BCUT2D eigenvalue weighted by atomic mass is 10.00. The Morgan fingerprint density at radius 3 is 2.62 bits per heavy atom. The van der Waals surface area contributed by atoms with E-state index in [0.29, 0.717) is 12.4 Å². The normalized spacial score (nSPS) is 18.0. The number of aromatic nitrogens is 4. The number of hydrogen-bond donors (Lipinski definition) is 1. The van der Waals surface area contributed by atoms with E-state index in [9.17, 15) is 35.5 Å². The molecule has 180 valence electrons. The van der Waals surface area contributed by atoms with E-state index in [1.807, 2.05) is 0 Å². The average Bonchev–Trinajstić information content (AvgIpc) is 3.27. The molecule has 4 rings (SSSR count). The molecule has 1 saturated heterocycles. The SMILES string of the molecule is O=C(Nc1c(-c2cc(F)ccc2F)ncnc1C1CCC(F)(F)CO1)c1cnn(C(F)(F)F)c1. The van der Waals surface area contributed by atoms with E-state index >= 15 is 0 Å². The minimum Gasteiger partial charge on any atom is -0.366 e. The van der Waals surface area contributed by atoms with Crippen LogP contribution in [-0.2, 0) is 11.0 Å². The summed E-state index contributed by atoms with van der Waals surface area (Å²) >= 11 is 0. The maximum atomic E-state index is 14.5. The standard InChI is InChI=1S/C20H14F7N5O2/c21-11-1-2-13(22)12(5-11)15-17(31-18(33)10-6-30-32(7-10)20(25,26)27)16(29-9-28-15)14-3-4-19(23,24)8-34-14/h1-2,5-7,9,14H,3-4,8H2,(H,31,33). The molecule has 1 amide bonds. The summed E-state index contributed by atoms with van der Waals surface area (Å²) in [5.41, 5.74) is -1.69. The Bertz CT molecular complexity index is 1220. The summed E-state index contributed by atoms with van der Waals surface area (Å²) in [6.07, 6.45) is -4.75. The fourth-order valence-corrected chi connectivity index (χ4v) is 3.35. The highest BCUT2D eigenvalue weighted by molar-refractivity contribution is 6.06. The number of amides is 1. The molecule has 34 heavy (non-hydrogen) atoms. The highest BCUT2D eigenvalue weighted by Crippen LogP contribution is 2.40. The van der Waals surface area contributed by atoms with Gasteiger partial charge in [0.1, 0.15) is 36.4 Å². The fourth-order valence-electron chi connectivity index (χ4n) is 3.35. The zero-order chi connectivity index (χ0) is 24.7. The Kier molecular flexibility index (Phi) is 6.02. The Morgan fingerprint density at radius 1 is 1.21 bits per heavy atom. The third-order valence-corrected chi connectivity index (χ3v) is 4.98. The number of anilines is 1. The van der Waals surface area contributed by atoms with Crippen LogP contribution in [0.15, 0.2) is 36.9 Å². The minimum atomic E-state index is -4.88. The molecule has 0 saturated carbocycles. The van der Waals surface area contributed by atoms with Crippen molar-refractivity contribution >= 4 is 11.6 Å². The summed E-state index contributed by atoms with van der Waals surface area (Å²) in [7, 11) is 0. The van der Waals surface area contributed by atoms with E-state index in [1.165, 1.54) is 0 Å². The molecule has 1 fully saturated rings. The first kappa shape index (κ1) is 23.6. The van der Waals surface area contributed by atoms with Crippen LogP contribution in [0.1, 0.15) is 35.0 Å². The van der Waals surface area contributed by atoms with E-state index in [0.717, 1.165) is 24.5 Å². The summed E-state index contributed by atoms with van der Waals surface area (Å²) in [5.74, 6) is -5.96. The molecule has 14 heteroatoms. The molecule has 1 aliphatic heterocycles. The lowest BCUT2D eigenvalue weighted by molar-refractivity contribution is -0.212. The number of alkyl halides is 5. The van der Waals surface area contributed by atoms with Gasteiger partial charge in [-0.1, -0.05) is 0 Å². The third kappa shape index (κ3) is 4.85. The van der Waals surface area contributed by atoms with Crippen LogP contribution in [0, 0.1) is 11.6 Å². The minimum absolute atomic E-state index is 0.124. The largest absolute Gasteiger partial charge is 0.504 e. The highest BCUT2D eigenvalue weighted by Gasteiger charge is 2.38. The van der Waals surface area contributed by atoms with Crippen LogP contribution in [-0.4, -0.2) is 38.2 Å². The number of nitrogens with one attached hydrogen (secondary N) is 1. The fraction of sp³-hybridized carbons (Fsp3) is 0.300. The molecule has 0 bridgehead atoms. The molecule has 0 aliphatic carbocycles. The van der Waals surface area contributed by atoms with Crippen molar-refractivity contribution in [3.8, 4) is 11.3 Å². The van der Waals surface area contributed by atoms with Crippen molar-refractivity contribution in [2.45, 2.75) is 31.2 Å². The third-order valence-electron chi connectivity index (χ3n) is 4.98. The molecule has 1 aliphatic rings. The number of carbonyl (C=O) groups excluding carboxylic acids is 1. The number of ether oxygens (including phenoxy) is 1. The summed E-state index contributed by atoms with van der Waals surface area (Å²) in [5, 5.41) is 5.35. The van der Waals surface area contributed by atoms with E-state index in [1.54, 1.807) is 0 Å². The molecule has 1 unspecified atom stereocenters. The smallest absolute Gasteiger partial charge is 0.366 e. The maximum absolute atomic E-state index is 14.5.